The Hall–Kier alpha value is -0.160. The molecule has 0 aromatic heterocycles. The minimum Gasteiger partial charge on any atom is -0.393 e. The van der Waals surface area contributed by atoms with Crippen LogP contribution >= 0.6 is 0 Å². The van der Waals surface area contributed by atoms with Crippen LogP contribution < -0.4 is 0 Å². The summed E-state index contributed by atoms with van der Waals surface area (Å²) in [7, 11) is 0. The number of β-amino-alcohol motifs (C(OH)–C–C–N with tert-alkyl or cyclic N) is 1. The highest BCUT2D eigenvalue weighted by atomic mass is 16.5. The summed E-state index contributed by atoms with van der Waals surface area (Å²) < 4.78 is 5.84. The first-order chi connectivity index (χ1) is 9.71. The molecule has 2 rings (SSSR count). The number of aliphatic hydroxyl groups is 2. The van der Waals surface area contributed by atoms with Crippen LogP contribution in [0.1, 0.15) is 66.2 Å². The van der Waals surface area contributed by atoms with Gasteiger partial charge in [0.05, 0.1) is 24.9 Å². The van der Waals surface area contributed by atoms with Crippen molar-refractivity contribution in [1.82, 2.24) is 4.90 Å². The molecule has 1 aliphatic heterocycles. The van der Waals surface area contributed by atoms with E-state index in [0.717, 1.165) is 25.7 Å². The Morgan fingerprint density at radius 3 is 2.14 bits per heavy atom. The first kappa shape index (κ1) is 17.2. The van der Waals surface area contributed by atoms with Gasteiger partial charge in [-0.25, -0.2) is 0 Å². The van der Waals surface area contributed by atoms with E-state index in [-0.39, 0.29) is 17.2 Å². The van der Waals surface area contributed by atoms with Gasteiger partial charge in [-0.3, -0.25) is 4.90 Å². The molecular weight excluding hydrogens is 266 g/mol. The van der Waals surface area contributed by atoms with E-state index >= 15 is 0 Å². The number of rotatable bonds is 5. The van der Waals surface area contributed by atoms with Crippen LogP contribution in [0.3, 0.4) is 0 Å². The first-order valence-electron chi connectivity index (χ1n) is 8.46. The molecule has 21 heavy (non-hydrogen) atoms. The molecule has 1 heterocycles. The van der Waals surface area contributed by atoms with Crippen molar-refractivity contribution in [3.8, 4) is 0 Å². The zero-order valence-corrected chi connectivity index (χ0v) is 14.1. The Morgan fingerprint density at radius 2 is 1.62 bits per heavy atom. The van der Waals surface area contributed by atoms with Crippen LogP contribution in [0.25, 0.3) is 0 Å². The molecule has 0 spiro atoms. The largest absolute Gasteiger partial charge is 0.393 e. The lowest BCUT2D eigenvalue weighted by molar-refractivity contribution is -0.108. The van der Waals surface area contributed by atoms with Crippen molar-refractivity contribution in [2.75, 3.05) is 13.2 Å². The van der Waals surface area contributed by atoms with Gasteiger partial charge in [-0.15, -0.1) is 0 Å². The zero-order chi connectivity index (χ0) is 15.7. The van der Waals surface area contributed by atoms with Crippen LogP contribution in [0.2, 0.25) is 0 Å². The second-order valence-corrected chi connectivity index (χ2v) is 8.19. The van der Waals surface area contributed by atoms with Crippen LogP contribution in [0.4, 0.5) is 0 Å². The third-order valence-electron chi connectivity index (χ3n) is 5.15. The van der Waals surface area contributed by atoms with Crippen LogP contribution in [0.5, 0.6) is 0 Å². The van der Waals surface area contributed by atoms with Crippen LogP contribution in [0, 0.1) is 0 Å². The fourth-order valence-electron chi connectivity index (χ4n) is 4.33. The average Bonchev–Trinajstić information content (AvgIpc) is 2.83. The topological polar surface area (TPSA) is 52.9 Å². The van der Waals surface area contributed by atoms with Crippen LogP contribution in [-0.4, -0.2) is 57.7 Å². The molecule has 1 aliphatic carbocycles. The molecule has 0 bridgehead atoms. The maximum absolute atomic E-state index is 10.4. The lowest BCUT2D eigenvalue weighted by Crippen LogP contribution is -2.63. The van der Waals surface area contributed by atoms with Crippen molar-refractivity contribution in [1.29, 1.82) is 0 Å². The lowest BCUT2D eigenvalue weighted by atomic mass is 9.78. The molecular formula is C17H33NO3. The molecule has 2 aliphatic rings. The molecule has 1 saturated heterocycles. The second-order valence-electron chi connectivity index (χ2n) is 8.19. The highest BCUT2D eigenvalue weighted by Gasteiger charge is 2.45. The predicted molar refractivity (Wildman–Crippen MR) is 84.3 cm³/mol. The van der Waals surface area contributed by atoms with Crippen molar-refractivity contribution in [2.45, 2.75) is 95.6 Å². The predicted octanol–water partition coefficient (Wildman–Crippen LogP) is 2.32. The van der Waals surface area contributed by atoms with E-state index < -0.39 is 6.10 Å². The molecule has 1 saturated carbocycles. The summed E-state index contributed by atoms with van der Waals surface area (Å²) in [6.07, 6.45) is 5.94. The molecule has 0 aromatic carbocycles. The van der Waals surface area contributed by atoms with Gasteiger partial charge in [0.1, 0.15) is 0 Å². The van der Waals surface area contributed by atoms with Gasteiger partial charge >= 0.3 is 0 Å². The maximum Gasteiger partial charge on any atom is 0.0900 e. The summed E-state index contributed by atoms with van der Waals surface area (Å²) in [5.41, 5.74) is -0.203. The number of aliphatic hydroxyl groups excluding tert-OH is 2. The molecule has 0 aromatic rings. The summed E-state index contributed by atoms with van der Waals surface area (Å²) in [6, 6.07) is 0. The van der Waals surface area contributed by atoms with Crippen molar-refractivity contribution >= 4 is 0 Å². The van der Waals surface area contributed by atoms with Gasteiger partial charge < -0.3 is 14.9 Å². The molecule has 1 atom stereocenters. The van der Waals surface area contributed by atoms with Gasteiger partial charge in [0.2, 0.25) is 0 Å². The van der Waals surface area contributed by atoms with E-state index in [1.54, 1.807) is 0 Å². The molecule has 0 unspecified atom stereocenters. The molecule has 4 heteroatoms. The third-order valence-corrected chi connectivity index (χ3v) is 5.15. The Kier molecular flexibility index (Phi) is 5.35. The van der Waals surface area contributed by atoms with Gasteiger partial charge in [-0.2, -0.15) is 0 Å². The van der Waals surface area contributed by atoms with Crippen molar-refractivity contribution in [3.63, 3.8) is 0 Å². The fourth-order valence-corrected chi connectivity index (χ4v) is 4.33. The molecule has 2 N–H and O–H groups in total. The summed E-state index contributed by atoms with van der Waals surface area (Å²) in [4.78, 5) is 2.34. The Balaban J connectivity index is 1.89. The minimum atomic E-state index is -0.459. The number of likely N-dealkylation sites (tertiary alicyclic amines) is 1. The zero-order valence-electron chi connectivity index (χ0n) is 14.1. The highest BCUT2D eigenvalue weighted by Crippen LogP contribution is 2.38. The van der Waals surface area contributed by atoms with E-state index in [0.29, 0.717) is 19.3 Å². The SMILES string of the molecule is CC1(C)CC(O)CC(C)(C)N1C[C@H](O)COC1CCCC1. The normalized spacial score (nSPS) is 28.9. The van der Waals surface area contributed by atoms with Crippen molar-refractivity contribution < 1.29 is 14.9 Å². The summed E-state index contributed by atoms with van der Waals surface area (Å²) in [6.45, 7) is 9.65. The standard InChI is InChI=1S/C17H33NO3/c1-16(2)9-13(19)10-17(3,4)18(16)11-14(20)12-21-15-7-5-6-8-15/h13-15,19-20H,5-12H2,1-4H3/t14-/m0/s1. The molecule has 2 fully saturated rings. The highest BCUT2D eigenvalue weighted by molar-refractivity contribution is 5.00. The van der Waals surface area contributed by atoms with Gasteiger partial charge in [0, 0.05) is 17.6 Å². The maximum atomic E-state index is 10.4. The fraction of sp³-hybridized carbons (Fsp3) is 1.00. The van der Waals surface area contributed by atoms with Crippen LogP contribution in [0.15, 0.2) is 0 Å². The Bertz CT molecular complexity index is 319. The van der Waals surface area contributed by atoms with Gasteiger partial charge in [-0.1, -0.05) is 12.8 Å². The smallest absolute Gasteiger partial charge is 0.0900 e. The van der Waals surface area contributed by atoms with E-state index in [9.17, 15) is 10.2 Å². The third kappa shape index (κ3) is 4.41. The molecule has 0 radical (unpaired) electrons. The minimum absolute atomic E-state index is 0.102. The number of nitrogens with zero attached hydrogens (tertiary/aromatic N) is 1. The number of hydrogen-bond acceptors (Lipinski definition) is 4. The monoisotopic (exact) mass is 299 g/mol. The van der Waals surface area contributed by atoms with Gasteiger partial charge in [-0.05, 0) is 53.4 Å². The summed E-state index contributed by atoms with van der Waals surface area (Å²) >= 11 is 0. The molecule has 4 nitrogen and oxygen atoms in total. The quantitative estimate of drug-likeness (QED) is 0.818. The van der Waals surface area contributed by atoms with Crippen molar-refractivity contribution in [2.24, 2.45) is 0 Å². The number of piperidine rings is 1. The number of ether oxygens (including phenoxy) is 1. The van der Waals surface area contributed by atoms with E-state index in [4.69, 9.17) is 4.74 Å². The summed E-state index contributed by atoms with van der Waals surface area (Å²) in [5, 5.41) is 20.4. The Morgan fingerprint density at radius 1 is 1.10 bits per heavy atom. The van der Waals surface area contributed by atoms with Crippen molar-refractivity contribution in [3.05, 3.63) is 0 Å². The van der Waals surface area contributed by atoms with E-state index in [1.165, 1.54) is 12.8 Å². The average molecular weight is 299 g/mol. The molecule has 0 amide bonds. The Labute approximate surface area is 129 Å². The number of hydrogen-bond donors (Lipinski definition) is 2. The van der Waals surface area contributed by atoms with E-state index in [1.807, 2.05) is 0 Å². The summed E-state index contributed by atoms with van der Waals surface area (Å²) in [5.74, 6) is 0. The first-order valence-corrected chi connectivity index (χ1v) is 8.46. The second kappa shape index (κ2) is 6.53. The lowest BCUT2D eigenvalue weighted by Gasteiger charge is -2.55. The van der Waals surface area contributed by atoms with Gasteiger partial charge in [0.25, 0.3) is 0 Å². The van der Waals surface area contributed by atoms with Crippen LogP contribution in [-0.2, 0) is 4.74 Å². The van der Waals surface area contributed by atoms with Gasteiger partial charge in [0.15, 0.2) is 0 Å². The molecule has 124 valence electrons. The van der Waals surface area contributed by atoms with E-state index in [2.05, 4.69) is 32.6 Å².